The molecule has 1 heterocycles. The first-order valence-corrected chi connectivity index (χ1v) is 9.30. The number of ether oxygens (including phenoxy) is 2. The van der Waals surface area contributed by atoms with Crippen LogP contribution >= 0.6 is 11.6 Å². The van der Waals surface area contributed by atoms with Crippen LogP contribution in [0.25, 0.3) is 10.9 Å². The van der Waals surface area contributed by atoms with Crippen molar-refractivity contribution in [2.24, 2.45) is 5.92 Å². The van der Waals surface area contributed by atoms with Gasteiger partial charge in [-0.2, -0.15) is 0 Å². The van der Waals surface area contributed by atoms with E-state index in [0.717, 1.165) is 23.4 Å². The number of nitrogens with one attached hydrogen (secondary N) is 1. The maximum absolute atomic E-state index is 10.6. The van der Waals surface area contributed by atoms with Crippen LogP contribution < -0.4 is 9.47 Å². The molecule has 140 valence electrons. The minimum absolute atomic E-state index is 0.378. The van der Waals surface area contributed by atoms with Crippen molar-refractivity contribution in [1.82, 2.24) is 4.98 Å². The van der Waals surface area contributed by atoms with Gasteiger partial charge in [0, 0.05) is 23.2 Å². The fourth-order valence-electron chi connectivity index (χ4n) is 3.20. The molecule has 6 heteroatoms. The second-order valence-corrected chi connectivity index (χ2v) is 7.41. The Labute approximate surface area is 161 Å². The van der Waals surface area contributed by atoms with E-state index in [2.05, 4.69) is 11.2 Å². The molecule has 1 aliphatic carbocycles. The highest BCUT2D eigenvalue weighted by atomic mass is 35.5. The van der Waals surface area contributed by atoms with Crippen molar-refractivity contribution in [3.05, 3.63) is 52.7 Å². The lowest BCUT2D eigenvalue weighted by Crippen LogP contribution is -2.09. The number of rotatable bonds is 7. The average molecular weight is 386 g/mol. The number of aromatic amines is 1. The van der Waals surface area contributed by atoms with E-state index in [1.807, 2.05) is 25.1 Å². The molecule has 0 radical (unpaired) electrons. The number of aryl methyl sites for hydroxylation is 1. The van der Waals surface area contributed by atoms with Crippen LogP contribution in [0, 0.1) is 12.8 Å². The van der Waals surface area contributed by atoms with Gasteiger partial charge in [-0.25, -0.2) is 4.79 Å². The molecule has 0 bridgehead atoms. The highest BCUT2D eigenvalue weighted by Gasteiger charge is 2.23. The van der Waals surface area contributed by atoms with Gasteiger partial charge in [0.2, 0.25) is 0 Å². The van der Waals surface area contributed by atoms with Gasteiger partial charge in [0.1, 0.15) is 17.2 Å². The number of H-pyrrole nitrogens is 1. The molecule has 0 amide bonds. The van der Waals surface area contributed by atoms with Gasteiger partial charge in [0.25, 0.3) is 0 Å². The number of carboxylic acids is 1. The molecule has 27 heavy (non-hydrogen) atoms. The first-order valence-electron chi connectivity index (χ1n) is 8.92. The van der Waals surface area contributed by atoms with Gasteiger partial charge < -0.3 is 19.6 Å². The minimum Gasteiger partial charge on any atom is -0.482 e. The first kappa shape index (κ1) is 17.7. The summed E-state index contributed by atoms with van der Waals surface area (Å²) in [5, 5.41) is 10.3. The summed E-state index contributed by atoms with van der Waals surface area (Å²) >= 11 is 6.35. The van der Waals surface area contributed by atoms with E-state index in [0.29, 0.717) is 22.3 Å². The molecule has 0 saturated heterocycles. The number of fused-ring (bicyclic) bond motifs is 1. The van der Waals surface area contributed by atoms with Crippen LogP contribution in [0.5, 0.6) is 17.2 Å². The van der Waals surface area contributed by atoms with Crippen LogP contribution in [0.3, 0.4) is 0 Å². The summed E-state index contributed by atoms with van der Waals surface area (Å²) in [5.74, 6) is 1.43. The molecule has 0 spiro atoms. The lowest BCUT2D eigenvalue weighted by atomic mass is 10.1. The number of hydrogen-bond donors (Lipinski definition) is 2. The third-order valence-corrected chi connectivity index (χ3v) is 5.01. The molecule has 0 aliphatic heterocycles. The topological polar surface area (TPSA) is 71.6 Å². The van der Waals surface area contributed by atoms with E-state index in [1.165, 1.54) is 23.8 Å². The van der Waals surface area contributed by atoms with Gasteiger partial charge in [-0.1, -0.05) is 11.6 Å². The molecule has 4 rings (SSSR count). The summed E-state index contributed by atoms with van der Waals surface area (Å²) in [5.41, 5.74) is 3.19. The molecule has 5 nitrogen and oxygen atoms in total. The van der Waals surface area contributed by atoms with Crippen LogP contribution in [0.2, 0.25) is 5.02 Å². The molecule has 1 fully saturated rings. The van der Waals surface area contributed by atoms with Crippen molar-refractivity contribution in [1.29, 1.82) is 0 Å². The summed E-state index contributed by atoms with van der Waals surface area (Å²) in [6.45, 7) is 1.44. The van der Waals surface area contributed by atoms with Crippen LogP contribution in [-0.4, -0.2) is 22.7 Å². The predicted molar refractivity (Wildman–Crippen MR) is 104 cm³/mol. The standard InChI is InChI=1S/C21H20ClNO4/c1-12-6-16(26-11-20(24)25)9-18(22)21(12)27-15-4-5-19-17(8-15)14(10-23-19)7-13-2-3-13/h4-6,8-10,13,23H,2-3,7,11H2,1H3,(H,24,25). The largest absolute Gasteiger partial charge is 0.482 e. The second kappa shape index (κ2) is 7.16. The number of halogens is 1. The van der Waals surface area contributed by atoms with Gasteiger partial charge >= 0.3 is 5.97 Å². The van der Waals surface area contributed by atoms with Crippen LogP contribution in [0.4, 0.5) is 0 Å². The van der Waals surface area contributed by atoms with E-state index in [4.69, 9.17) is 26.2 Å². The zero-order valence-corrected chi connectivity index (χ0v) is 15.7. The zero-order valence-electron chi connectivity index (χ0n) is 14.9. The average Bonchev–Trinajstić information content (AvgIpc) is 3.36. The molecule has 3 aromatic rings. The van der Waals surface area contributed by atoms with E-state index in [9.17, 15) is 4.79 Å². The number of aliphatic carboxylic acids is 1. The minimum atomic E-state index is -1.04. The smallest absolute Gasteiger partial charge is 0.341 e. The van der Waals surface area contributed by atoms with Gasteiger partial charge in [-0.3, -0.25) is 0 Å². The lowest BCUT2D eigenvalue weighted by molar-refractivity contribution is -0.139. The SMILES string of the molecule is Cc1cc(OCC(=O)O)cc(Cl)c1Oc1ccc2[nH]cc(CC3CC3)c2c1. The molecular weight excluding hydrogens is 366 g/mol. The molecule has 2 N–H and O–H groups in total. The molecule has 0 unspecified atom stereocenters. The van der Waals surface area contributed by atoms with Crippen LogP contribution in [-0.2, 0) is 11.2 Å². The Morgan fingerprint density at radius 2 is 2.07 bits per heavy atom. The normalized spacial score (nSPS) is 13.7. The number of carboxylic acid groups (broad SMARTS) is 1. The lowest BCUT2D eigenvalue weighted by Gasteiger charge is -2.13. The summed E-state index contributed by atoms with van der Waals surface area (Å²) < 4.78 is 11.3. The quantitative estimate of drug-likeness (QED) is 0.576. The Bertz CT molecular complexity index is 984. The Kier molecular flexibility index (Phi) is 4.70. The maximum Gasteiger partial charge on any atom is 0.341 e. The number of benzene rings is 2. The molecule has 1 aromatic heterocycles. The van der Waals surface area contributed by atoms with Crippen molar-refractivity contribution in [2.75, 3.05) is 6.61 Å². The van der Waals surface area contributed by atoms with Crippen LogP contribution in [0.1, 0.15) is 24.0 Å². The Hall–Kier alpha value is -2.66. The fourth-order valence-corrected chi connectivity index (χ4v) is 3.49. The van der Waals surface area contributed by atoms with Crippen LogP contribution in [0.15, 0.2) is 36.5 Å². The third-order valence-electron chi connectivity index (χ3n) is 4.73. The summed E-state index contributed by atoms with van der Waals surface area (Å²) in [6.07, 6.45) is 5.81. The summed E-state index contributed by atoms with van der Waals surface area (Å²) in [4.78, 5) is 14.0. The van der Waals surface area contributed by atoms with Gasteiger partial charge in [0.05, 0.1) is 5.02 Å². The summed E-state index contributed by atoms with van der Waals surface area (Å²) in [6, 6.07) is 9.24. The summed E-state index contributed by atoms with van der Waals surface area (Å²) in [7, 11) is 0. The molecule has 1 aliphatic rings. The van der Waals surface area contributed by atoms with Crippen molar-refractivity contribution in [3.8, 4) is 17.2 Å². The maximum atomic E-state index is 10.6. The molecule has 2 aromatic carbocycles. The molecule has 0 atom stereocenters. The third kappa shape index (κ3) is 4.03. The Balaban J connectivity index is 1.58. The van der Waals surface area contributed by atoms with E-state index in [-0.39, 0.29) is 0 Å². The molecule has 1 saturated carbocycles. The van der Waals surface area contributed by atoms with Crippen molar-refractivity contribution < 1.29 is 19.4 Å². The van der Waals surface area contributed by atoms with Crippen molar-refractivity contribution >= 4 is 28.5 Å². The second-order valence-electron chi connectivity index (χ2n) is 7.00. The Morgan fingerprint density at radius 3 is 2.78 bits per heavy atom. The van der Waals surface area contributed by atoms with Gasteiger partial charge in [-0.15, -0.1) is 0 Å². The van der Waals surface area contributed by atoms with E-state index < -0.39 is 12.6 Å². The number of aromatic nitrogens is 1. The first-order chi connectivity index (χ1) is 13.0. The Morgan fingerprint density at radius 1 is 1.26 bits per heavy atom. The van der Waals surface area contributed by atoms with E-state index in [1.54, 1.807) is 12.1 Å². The van der Waals surface area contributed by atoms with Crippen molar-refractivity contribution in [2.45, 2.75) is 26.2 Å². The predicted octanol–water partition coefficient (Wildman–Crippen LogP) is 5.34. The fraction of sp³-hybridized carbons (Fsp3) is 0.286. The number of hydrogen-bond acceptors (Lipinski definition) is 3. The monoisotopic (exact) mass is 385 g/mol. The van der Waals surface area contributed by atoms with Gasteiger partial charge in [0.15, 0.2) is 6.61 Å². The highest BCUT2D eigenvalue weighted by molar-refractivity contribution is 6.32. The van der Waals surface area contributed by atoms with E-state index >= 15 is 0 Å². The van der Waals surface area contributed by atoms with Crippen molar-refractivity contribution in [3.63, 3.8) is 0 Å². The number of carbonyl (C=O) groups is 1. The molecular formula is C21H20ClNO4. The zero-order chi connectivity index (χ0) is 19.0. The van der Waals surface area contributed by atoms with Gasteiger partial charge in [-0.05, 0) is 67.5 Å². The highest BCUT2D eigenvalue weighted by Crippen LogP contribution is 2.38.